The smallest absolute Gasteiger partial charge is 0.0994 e. The largest absolute Gasteiger partial charge is 0.298 e. The fourth-order valence-corrected chi connectivity index (χ4v) is 6.80. The van der Waals surface area contributed by atoms with Crippen LogP contribution in [0.25, 0.3) is 71.6 Å². The molecule has 0 bridgehead atoms. The van der Waals surface area contributed by atoms with Crippen molar-refractivity contribution in [3.05, 3.63) is 157 Å². The maximum Gasteiger partial charge on any atom is 0.0994 e. The number of rotatable bonds is 5. The van der Waals surface area contributed by atoms with Crippen molar-refractivity contribution in [1.29, 1.82) is 0 Å². The van der Waals surface area contributed by atoms with Crippen LogP contribution in [0, 0.1) is 0 Å². The molecule has 0 saturated heterocycles. The van der Waals surface area contributed by atoms with Gasteiger partial charge in [-0.2, -0.15) is 0 Å². The van der Waals surface area contributed by atoms with Gasteiger partial charge in [-0.3, -0.25) is 4.57 Å². The molecule has 8 rings (SSSR count). The Morgan fingerprint density at radius 3 is 1.56 bits per heavy atom. The number of nitrogens with zero attached hydrogens (tertiary/aromatic N) is 2. The molecule has 45 heavy (non-hydrogen) atoms. The second-order valence-electron chi connectivity index (χ2n) is 12.8. The third kappa shape index (κ3) is 4.67. The van der Waals surface area contributed by atoms with Crippen molar-refractivity contribution >= 4 is 56.1 Å². The third-order valence-corrected chi connectivity index (χ3v) is 8.84. The van der Waals surface area contributed by atoms with Gasteiger partial charge in [0.1, 0.15) is 0 Å². The number of fused-ring (bicyclic) bond motifs is 3. The van der Waals surface area contributed by atoms with E-state index < -0.39 is 0 Å². The monoisotopic (exact) mass is 572 g/mol. The van der Waals surface area contributed by atoms with Gasteiger partial charge in [-0.15, -0.1) is 0 Å². The molecule has 1 aromatic heterocycles. The highest BCUT2D eigenvalue weighted by molar-refractivity contribution is 6.58. The summed E-state index contributed by atoms with van der Waals surface area (Å²) >= 11 is 0. The number of hydrogen-bond acceptors (Lipinski definition) is 1. The molecule has 2 nitrogen and oxygen atoms in total. The quantitative estimate of drug-likeness (QED) is 0.156. The highest BCUT2D eigenvalue weighted by Crippen LogP contribution is 2.44. The van der Waals surface area contributed by atoms with Crippen molar-refractivity contribution in [3.63, 3.8) is 0 Å². The van der Waals surface area contributed by atoms with E-state index >= 15 is 0 Å². The van der Waals surface area contributed by atoms with E-state index in [4.69, 9.17) is 4.98 Å². The Balaban J connectivity index is 1.36. The van der Waals surface area contributed by atoms with Gasteiger partial charge >= 0.3 is 0 Å². The van der Waals surface area contributed by atoms with Crippen molar-refractivity contribution in [2.24, 2.45) is 0 Å². The lowest BCUT2D eigenvalue weighted by molar-refractivity contribution is 0.930. The number of hydrogen-bond donors (Lipinski definition) is 0. The second-order valence-corrected chi connectivity index (χ2v) is 12.8. The van der Waals surface area contributed by atoms with E-state index in [9.17, 15) is 0 Å². The Kier molecular flexibility index (Phi) is 6.50. The van der Waals surface area contributed by atoms with Gasteiger partial charge in [0.2, 0.25) is 0 Å². The van der Waals surface area contributed by atoms with E-state index in [0.29, 0.717) is 0 Å². The number of benzene rings is 7. The van der Waals surface area contributed by atoms with E-state index in [1.807, 2.05) is 0 Å². The van der Waals surface area contributed by atoms with Crippen molar-refractivity contribution in [1.82, 2.24) is 9.55 Å². The summed E-state index contributed by atoms with van der Waals surface area (Å²) in [6.45, 7) is 0. The van der Waals surface area contributed by atoms with Crippen molar-refractivity contribution in [3.8, 4) is 39.1 Å². The van der Waals surface area contributed by atoms with E-state index in [1.165, 1.54) is 54.9 Å². The first-order valence-corrected chi connectivity index (χ1v) is 15.7. The summed E-state index contributed by atoms with van der Waals surface area (Å²) < 4.78 is 2.34. The first-order chi connectivity index (χ1) is 22.0. The van der Waals surface area contributed by atoms with Crippen molar-refractivity contribution in [2.45, 2.75) is 5.11 Å². The van der Waals surface area contributed by atoms with Crippen LogP contribution >= 0.6 is 0 Å². The molecule has 0 amide bonds. The predicted molar refractivity (Wildman–Crippen MR) is 200 cm³/mol. The molecule has 7 aromatic carbocycles. The summed E-state index contributed by atoms with van der Waals surface area (Å²) in [5, 5.41) is 4.90. The van der Waals surface area contributed by atoms with Crippen LogP contribution in [0.1, 0.15) is 5.82 Å². The molecule has 1 heterocycles. The first-order valence-electron chi connectivity index (χ1n) is 15.7. The lowest BCUT2D eigenvalue weighted by Crippen LogP contribution is -2.31. The Labute approximate surface area is 266 Å². The second kappa shape index (κ2) is 10.7. The van der Waals surface area contributed by atoms with Crippen LogP contribution in [-0.4, -0.2) is 33.1 Å². The maximum absolute atomic E-state index is 5.10. The summed E-state index contributed by atoms with van der Waals surface area (Å²) in [4.78, 5) is 5.10. The Hall–Kier alpha value is -5.28. The maximum atomic E-state index is 5.10. The van der Waals surface area contributed by atoms with Gasteiger partial charge in [0, 0.05) is 5.69 Å². The molecule has 210 valence electrons. The molecule has 0 radical (unpaired) electrons. The van der Waals surface area contributed by atoms with Gasteiger partial charge in [0.25, 0.3) is 0 Å². The average molecular weight is 572 g/mol. The molecule has 0 aliphatic rings. The van der Waals surface area contributed by atoms with Crippen molar-refractivity contribution < 1.29 is 0 Å². The molecule has 0 fully saturated rings. The SMILES string of the molecule is BC(B)(B)c1nc2ccccc2n1-c1cccc(-c2c3ccccc3c(-c3ccc(-c4ccccc4)cc3)c3ccccc23)c1. The van der Waals surface area contributed by atoms with Gasteiger partial charge in [-0.25, -0.2) is 4.98 Å². The molecule has 0 aliphatic carbocycles. The summed E-state index contributed by atoms with van der Waals surface area (Å²) in [5.74, 6) is 1.06. The molecule has 8 aromatic rings. The van der Waals surface area contributed by atoms with E-state index in [1.54, 1.807) is 0 Å². The molecule has 0 aliphatic heterocycles. The number of para-hydroxylation sites is 2. The van der Waals surface area contributed by atoms with Gasteiger partial charge in [0.05, 0.1) is 40.4 Å². The Bertz CT molecular complexity index is 2290. The third-order valence-electron chi connectivity index (χ3n) is 8.84. The predicted octanol–water partition coefficient (Wildman–Crippen LogP) is 7.34. The van der Waals surface area contributed by atoms with E-state index in [0.717, 1.165) is 22.5 Å². The van der Waals surface area contributed by atoms with Crippen LogP contribution in [0.2, 0.25) is 0 Å². The molecule has 0 saturated carbocycles. The normalized spacial score (nSPS) is 11.8. The van der Waals surface area contributed by atoms with Crippen LogP contribution < -0.4 is 0 Å². The molecular weight excluding hydrogens is 541 g/mol. The van der Waals surface area contributed by atoms with Gasteiger partial charge < -0.3 is 0 Å². The summed E-state index contributed by atoms with van der Waals surface area (Å²) in [6, 6.07) is 54.8. The van der Waals surface area contributed by atoms with Gasteiger partial charge in [-0.05, 0) is 79.2 Å². The van der Waals surface area contributed by atoms with Crippen LogP contribution in [0.15, 0.2) is 152 Å². The molecular formula is C40H31B3N2. The highest BCUT2D eigenvalue weighted by atomic mass is 15.1. The minimum Gasteiger partial charge on any atom is -0.298 e. The zero-order valence-corrected chi connectivity index (χ0v) is 25.8. The fraction of sp³-hybridized carbons (Fsp3) is 0.0250. The van der Waals surface area contributed by atoms with E-state index in [-0.39, 0.29) is 5.11 Å². The lowest BCUT2D eigenvalue weighted by atomic mass is 9.42. The molecule has 0 unspecified atom stereocenters. The minimum absolute atomic E-state index is 0.119. The minimum atomic E-state index is -0.119. The summed E-state index contributed by atoms with van der Waals surface area (Å²) in [6.07, 6.45) is 0. The topological polar surface area (TPSA) is 17.8 Å². The van der Waals surface area contributed by atoms with Crippen LogP contribution in [0.4, 0.5) is 0 Å². The lowest BCUT2D eigenvalue weighted by Gasteiger charge is -2.21. The highest BCUT2D eigenvalue weighted by Gasteiger charge is 2.24. The van der Waals surface area contributed by atoms with E-state index in [2.05, 4.69) is 180 Å². The first kappa shape index (κ1) is 27.3. The number of imidazole rings is 1. The zero-order chi connectivity index (χ0) is 30.5. The van der Waals surface area contributed by atoms with Crippen LogP contribution in [-0.2, 0) is 5.11 Å². The fourth-order valence-electron chi connectivity index (χ4n) is 6.80. The van der Waals surface area contributed by atoms with Crippen LogP contribution in [0.5, 0.6) is 0 Å². The molecule has 0 atom stereocenters. The van der Waals surface area contributed by atoms with Gasteiger partial charge in [-0.1, -0.05) is 133 Å². The average Bonchev–Trinajstić information content (AvgIpc) is 3.48. The molecule has 0 N–H and O–H groups in total. The standard InChI is InChI=1S/C40H31B3N2/c41-40(42,43)39-44-35-19-8-9-20-36(35)45(39)30-14-10-13-29(25-30)38-33-17-6-4-15-31(33)37(32-16-5-7-18-34(32)38)28-23-21-27(22-24-28)26-11-2-1-3-12-26/h1-25H,41-43H2. The Morgan fingerprint density at radius 1 is 0.444 bits per heavy atom. The van der Waals surface area contributed by atoms with Gasteiger partial charge in [0.15, 0.2) is 0 Å². The summed E-state index contributed by atoms with van der Waals surface area (Å²) in [5.41, 5.74) is 10.7. The van der Waals surface area contributed by atoms with Crippen LogP contribution in [0.3, 0.4) is 0 Å². The number of aromatic nitrogens is 2. The molecule has 0 spiro atoms. The zero-order valence-electron chi connectivity index (χ0n) is 25.8. The Morgan fingerprint density at radius 2 is 0.933 bits per heavy atom. The van der Waals surface area contributed by atoms with Crippen molar-refractivity contribution in [2.75, 3.05) is 0 Å². The summed E-state index contributed by atoms with van der Waals surface area (Å²) in [7, 11) is 6.71. The molecule has 5 heteroatoms.